The predicted octanol–water partition coefficient (Wildman–Crippen LogP) is 1.19. The minimum absolute atomic E-state index is 0.301. The van der Waals surface area contributed by atoms with Gasteiger partial charge in [-0.25, -0.2) is 0 Å². The Morgan fingerprint density at radius 3 is 2.32 bits per heavy atom. The van der Waals surface area contributed by atoms with E-state index in [1.807, 2.05) is 30.3 Å². The first kappa shape index (κ1) is 18.1. The van der Waals surface area contributed by atoms with Crippen LogP contribution in [0.15, 0.2) is 30.3 Å². The molecule has 0 saturated carbocycles. The summed E-state index contributed by atoms with van der Waals surface area (Å²) in [4.78, 5) is 24.4. The van der Waals surface area contributed by atoms with Gasteiger partial charge in [0.05, 0.1) is 0 Å². The average molecular weight is 308 g/mol. The zero-order valence-corrected chi connectivity index (χ0v) is 13.5. The maximum absolute atomic E-state index is 12.3. The van der Waals surface area contributed by atoms with Crippen molar-refractivity contribution in [3.8, 4) is 0 Å². The van der Waals surface area contributed by atoms with Crippen LogP contribution in [-0.4, -0.2) is 30.8 Å². The van der Waals surface area contributed by atoms with Crippen molar-refractivity contribution in [3.05, 3.63) is 35.9 Å². The molecule has 0 bridgehead atoms. The molecular weight excluding hydrogens is 284 g/mol. The van der Waals surface area contributed by atoms with E-state index in [2.05, 4.69) is 5.32 Å². The lowest BCUT2D eigenvalue weighted by Crippen LogP contribution is -2.49. The number of nitrogens with two attached hydrogens (primary N) is 1. The number of amides is 1. The third-order valence-corrected chi connectivity index (χ3v) is 2.85. The van der Waals surface area contributed by atoms with Crippen LogP contribution >= 0.6 is 0 Å². The van der Waals surface area contributed by atoms with Gasteiger partial charge in [0.1, 0.15) is 11.8 Å². The van der Waals surface area contributed by atoms with Crippen LogP contribution in [0.4, 0.5) is 0 Å². The molecule has 0 spiro atoms. The van der Waals surface area contributed by atoms with Crippen molar-refractivity contribution in [2.75, 3.05) is 7.11 Å². The molecule has 0 heterocycles. The molecule has 3 N–H and O–H groups in total. The van der Waals surface area contributed by atoms with Crippen LogP contribution < -0.4 is 11.1 Å². The van der Waals surface area contributed by atoms with E-state index in [0.717, 1.165) is 5.56 Å². The van der Waals surface area contributed by atoms with Crippen LogP contribution in [0.5, 0.6) is 0 Å². The summed E-state index contributed by atoms with van der Waals surface area (Å²) < 4.78 is 10.2. The van der Waals surface area contributed by atoms with Crippen molar-refractivity contribution in [2.24, 2.45) is 11.7 Å². The number of hydrogen-bond donors (Lipinski definition) is 2. The topological polar surface area (TPSA) is 90.6 Å². The van der Waals surface area contributed by atoms with Crippen molar-refractivity contribution >= 4 is 11.9 Å². The maximum atomic E-state index is 12.3. The molecule has 0 saturated heterocycles. The first-order valence-electron chi connectivity index (χ1n) is 7.07. The van der Waals surface area contributed by atoms with Gasteiger partial charge >= 0.3 is 5.97 Å². The van der Waals surface area contributed by atoms with Gasteiger partial charge in [0.2, 0.25) is 5.91 Å². The molecule has 6 nitrogen and oxygen atoms in total. The molecule has 1 aromatic carbocycles. The van der Waals surface area contributed by atoms with Gasteiger partial charge in [-0.2, -0.15) is 0 Å². The molecule has 0 radical (unpaired) electrons. The standard InChI is InChI=1S/C16H24N2O4/c1-16(2,3)22-15(20)12(13(17)21-4)14(19)18-10-11-8-6-5-7-9-11/h5-9,12-13H,10,17H2,1-4H3,(H,18,19). The quantitative estimate of drug-likeness (QED) is 0.468. The van der Waals surface area contributed by atoms with Crippen LogP contribution in [0.25, 0.3) is 0 Å². The number of rotatable bonds is 6. The van der Waals surface area contributed by atoms with Crippen molar-refractivity contribution in [1.82, 2.24) is 5.32 Å². The number of nitrogens with one attached hydrogen (secondary N) is 1. The molecule has 2 unspecified atom stereocenters. The van der Waals surface area contributed by atoms with Crippen LogP contribution in [0.1, 0.15) is 26.3 Å². The molecule has 122 valence electrons. The summed E-state index contributed by atoms with van der Waals surface area (Å²) in [7, 11) is 1.34. The van der Waals surface area contributed by atoms with E-state index in [-0.39, 0.29) is 0 Å². The summed E-state index contributed by atoms with van der Waals surface area (Å²) in [5, 5.41) is 2.68. The van der Waals surface area contributed by atoms with Gasteiger partial charge in [-0.1, -0.05) is 30.3 Å². The fraction of sp³-hybridized carbons (Fsp3) is 0.500. The van der Waals surface area contributed by atoms with Crippen molar-refractivity contribution < 1.29 is 19.1 Å². The first-order chi connectivity index (χ1) is 10.2. The Kier molecular flexibility index (Phi) is 6.52. The highest BCUT2D eigenvalue weighted by molar-refractivity contribution is 5.98. The Bertz CT molecular complexity index is 497. The summed E-state index contributed by atoms with van der Waals surface area (Å²) in [6, 6.07) is 9.37. The summed E-state index contributed by atoms with van der Waals surface area (Å²) >= 11 is 0. The number of hydrogen-bond acceptors (Lipinski definition) is 5. The zero-order valence-electron chi connectivity index (χ0n) is 13.5. The molecule has 22 heavy (non-hydrogen) atoms. The number of carbonyl (C=O) groups is 2. The molecule has 1 rings (SSSR count). The van der Waals surface area contributed by atoms with Gasteiger partial charge in [0.15, 0.2) is 5.92 Å². The predicted molar refractivity (Wildman–Crippen MR) is 82.6 cm³/mol. The van der Waals surface area contributed by atoms with Crippen LogP contribution in [0, 0.1) is 5.92 Å². The Labute approximate surface area is 131 Å². The van der Waals surface area contributed by atoms with Gasteiger partial charge in [-0.3, -0.25) is 9.59 Å². The third kappa shape index (κ3) is 5.83. The molecule has 6 heteroatoms. The first-order valence-corrected chi connectivity index (χ1v) is 7.07. The van der Waals surface area contributed by atoms with Crippen molar-refractivity contribution in [1.29, 1.82) is 0 Å². The monoisotopic (exact) mass is 308 g/mol. The van der Waals surface area contributed by atoms with Gasteiger partial charge in [0.25, 0.3) is 0 Å². The van der Waals surface area contributed by atoms with Gasteiger partial charge < -0.3 is 20.5 Å². The van der Waals surface area contributed by atoms with Crippen LogP contribution in [-0.2, 0) is 25.6 Å². The largest absolute Gasteiger partial charge is 0.459 e. The van der Waals surface area contributed by atoms with E-state index in [1.165, 1.54) is 7.11 Å². The Morgan fingerprint density at radius 2 is 1.82 bits per heavy atom. The average Bonchev–Trinajstić information content (AvgIpc) is 2.44. The molecule has 0 aliphatic heterocycles. The highest BCUT2D eigenvalue weighted by Gasteiger charge is 2.36. The number of methoxy groups -OCH3 is 1. The Hall–Kier alpha value is -1.92. The van der Waals surface area contributed by atoms with Crippen molar-refractivity contribution in [3.63, 3.8) is 0 Å². The molecule has 0 aromatic heterocycles. The minimum Gasteiger partial charge on any atom is -0.459 e. The molecule has 0 aliphatic carbocycles. The van der Waals surface area contributed by atoms with Gasteiger partial charge in [-0.15, -0.1) is 0 Å². The van der Waals surface area contributed by atoms with E-state index in [9.17, 15) is 9.59 Å². The molecule has 1 aromatic rings. The van der Waals surface area contributed by atoms with Crippen molar-refractivity contribution in [2.45, 2.75) is 39.1 Å². The number of esters is 1. The third-order valence-electron chi connectivity index (χ3n) is 2.85. The summed E-state index contributed by atoms with van der Waals surface area (Å²) in [6.07, 6.45) is -1.06. The Morgan fingerprint density at radius 1 is 1.23 bits per heavy atom. The molecule has 2 atom stereocenters. The van der Waals surface area contributed by atoms with E-state index >= 15 is 0 Å². The fourth-order valence-electron chi connectivity index (χ4n) is 1.79. The maximum Gasteiger partial charge on any atom is 0.323 e. The highest BCUT2D eigenvalue weighted by atomic mass is 16.6. The second kappa shape index (κ2) is 7.91. The lowest BCUT2D eigenvalue weighted by atomic mass is 10.1. The molecule has 0 fully saturated rings. The van der Waals surface area contributed by atoms with E-state index in [0.29, 0.717) is 6.54 Å². The summed E-state index contributed by atoms with van der Waals surface area (Å²) in [5.74, 6) is -2.44. The highest BCUT2D eigenvalue weighted by Crippen LogP contribution is 2.14. The van der Waals surface area contributed by atoms with E-state index in [4.69, 9.17) is 15.2 Å². The van der Waals surface area contributed by atoms with Crippen LogP contribution in [0.2, 0.25) is 0 Å². The van der Waals surface area contributed by atoms with E-state index in [1.54, 1.807) is 20.8 Å². The number of benzene rings is 1. The summed E-state index contributed by atoms with van der Waals surface area (Å²) in [6.45, 7) is 5.47. The SMILES string of the molecule is COC(N)C(C(=O)NCc1ccccc1)C(=O)OC(C)(C)C. The lowest BCUT2D eigenvalue weighted by Gasteiger charge is -2.26. The second-order valence-corrected chi connectivity index (χ2v) is 5.91. The van der Waals surface area contributed by atoms with Crippen LogP contribution in [0.3, 0.4) is 0 Å². The normalized spacial score (nSPS) is 14.0. The van der Waals surface area contributed by atoms with Gasteiger partial charge in [0, 0.05) is 13.7 Å². The van der Waals surface area contributed by atoms with Gasteiger partial charge in [-0.05, 0) is 26.3 Å². The molecular formula is C16H24N2O4. The Balaban J connectivity index is 2.74. The molecule has 0 aliphatic rings. The molecule has 1 amide bonds. The zero-order chi connectivity index (χ0) is 16.8. The summed E-state index contributed by atoms with van der Waals surface area (Å²) in [5.41, 5.74) is 5.94. The second-order valence-electron chi connectivity index (χ2n) is 5.91. The lowest BCUT2D eigenvalue weighted by molar-refractivity contribution is -0.167. The number of ether oxygens (including phenoxy) is 2. The van der Waals surface area contributed by atoms with E-state index < -0.39 is 29.6 Å². The fourth-order valence-corrected chi connectivity index (χ4v) is 1.79. The number of carbonyl (C=O) groups excluding carboxylic acids is 2. The smallest absolute Gasteiger partial charge is 0.323 e. The minimum atomic E-state index is -1.21.